The Morgan fingerprint density at radius 1 is 0.968 bits per heavy atom. The van der Waals surface area contributed by atoms with Crippen molar-refractivity contribution in [2.45, 2.75) is 57.5 Å². The quantitative estimate of drug-likeness (QED) is 0.341. The fourth-order valence-corrected chi connectivity index (χ4v) is 4.12. The van der Waals surface area contributed by atoms with Gasteiger partial charge in [0.1, 0.15) is 17.2 Å². The maximum Gasteiger partial charge on any atom is 0.422 e. The van der Waals surface area contributed by atoms with Crippen LogP contribution in [0.15, 0.2) is 48.6 Å². The normalized spacial score (nSPS) is 19.3. The molecule has 0 unspecified atom stereocenters. The molecular weight excluding hydrogens is 407 g/mol. The van der Waals surface area contributed by atoms with Crippen LogP contribution in [-0.4, -0.2) is 0 Å². The predicted octanol–water partition coefficient (Wildman–Crippen LogP) is 7.82. The molecule has 0 aliphatic heterocycles. The van der Waals surface area contributed by atoms with Gasteiger partial charge in [0, 0.05) is 5.56 Å². The summed E-state index contributed by atoms with van der Waals surface area (Å²) in [5.41, 5.74) is 0.746. The van der Waals surface area contributed by atoms with Crippen LogP contribution in [-0.2, 0) is 12.6 Å². The third-order valence-corrected chi connectivity index (χ3v) is 5.76. The summed E-state index contributed by atoms with van der Waals surface area (Å²) in [5.74, 6) is 2.83. The molecule has 164 valence electrons. The van der Waals surface area contributed by atoms with Crippen LogP contribution in [0.5, 0.6) is 0 Å². The highest BCUT2D eigenvalue weighted by molar-refractivity contribution is 5.40. The largest absolute Gasteiger partial charge is 0.422 e. The molecule has 1 aliphatic rings. The van der Waals surface area contributed by atoms with Crippen LogP contribution >= 0.6 is 0 Å². The van der Waals surface area contributed by atoms with E-state index in [0.717, 1.165) is 38.5 Å². The fraction of sp³-hybridized carbons (Fsp3) is 0.385. The first-order valence-electron chi connectivity index (χ1n) is 10.6. The minimum Gasteiger partial charge on any atom is -0.206 e. The second kappa shape index (κ2) is 10.1. The Balaban J connectivity index is 1.55. The van der Waals surface area contributed by atoms with E-state index in [1.165, 1.54) is 11.1 Å². The second-order valence-electron chi connectivity index (χ2n) is 8.04. The standard InChI is InChI=1S/C26H25F5/c1-2-5-18-8-12-21(13-9-18)22-14-10-19(11-15-22)6-3-4-7-20-16-23(27)25(24(28)17-20)26(29,30)31/h3,6,8-9,12-13,16-17,19,22H,2,5,10-11,14-15H2,1H3. The number of hydrogen-bond donors (Lipinski definition) is 0. The first kappa shape index (κ1) is 23.1. The lowest BCUT2D eigenvalue weighted by Gasteiger charge is -2.27. The number of allylic oxidation sites excluding steroid dienone is 2. The molecule has 31 heavy (non-hydrogen) atoms. The van der Waals surface area contributed by atoms with E-state index in [1.807, 2.05) is 6.08 Å². The van der Waals surface area contributed by atoms with Crippen molar-refractivity contribution in [3.63, 3.8) is 0 Å². The summed E-state index contributed by atoms with van der Waals surface area (Å²) in [6.07, 6.45) is 5.01. The SMILES string of the molecule is CCCc1ccc(C2CCC(C=CC#Cc3cc(F)c(C(F)(F)F)c(F)c3)CC2)cc1. The van der Waals surface area contributed by atoms with Gasteiger partial charge in [0.25, 0.3) is 0 Å². The molecule has 0 saturated heterocycles. The van der Waals surface area contributed by atoms with E-state index in [1.54, 1.807) is 6.08 Å². The van der Waals surface area contributed by atoms with Gasteiger partial charge in [0.2, 0.25) is 0 Å². The minimum atomic E-state index is -5.07. The van der Waals surface area contributed by atoms with Crippen LogP contribution in [0.4, 0.5) is 22.0 Å². The van der Waals surface area contributed by atoms with E-state index in [4.69, 9.17) is 0 Å². The van der Waals surface area contributed by atoms with Crippen molar-refractivity contribution in [2.75, 3.05) is 0 Å². The summed E-state index contributed by atoms with van der Waals surface area (Å²) >= 11 is 0. The molecule has 0 aromatic heterocycles. The van der Waals surface area contributed by atoms with Crippen LogP contribution in [0.3, 0.4) is 0 Å². The first-order chi connectivity index (χ1) is 14.8. The predicted molar refractivity (Wildman–Crippen MR) is 113 cm³/mol. The van der Waals surface area contributed by atoms with Gasteiger partial charge in [-0.05, 0) is 73.3 Å². The number of hydrogen-bond acceptors (Lipinski definition) is 0. The Labute approximate surface area is 180 Å². The summed E-state index contributed by atoms with van der Waals surface area (Å²) in [4.78, 5) is 0. The molecule has 0 radical (unpaired) electrons. The maximum atomic E-state index is 13.6. The summed E-state index contributed by atoms with van der Waals surface area (Å²) in [7, 11) is 0. The van der Waals surface area contributed by atoms with Gasteiger partial charge in [-0.15, -0.1) is 0 Å². The van der Waals surface area contributed by atoms with Crippen molar-refractivity contribution in [3.8, 4) is 11.8 Å². The molecule has 3 rings (SSSR count). The molecule has 5 heteroatoms. The van der Waals surface area contributed by atoms with Gasteiger partial charge >= 0.3 is 6.18 Å². The van der Waals surface area contributed by atoms with Gasteiger partial charge in [-0.3, -0.25) is 0 Å². The van der Waals surface area contributed by atoms with Crippen LogP contribution in [0, 0.1) is 29.4 Å². The van der Waals surface area contributed by atoms with Gasteiger partial charge in [0.05, 0.1) is 0 Å². The molecule has 2 aromatic carbocycles. The average Bonchev–Trinajstić information content (AvgIpc) is 2.71. The molecule has 1 fully saturated rings. The van der Waals surface area contributed by atoms with Crippen molar-refractivity contribution in [2.24, 2.45) is 5.92 Å². The van der Waals surface area contributed by atoms with E-state index in [0.29, 0.717) is 24.0 Å². The molecule has 1 saturated carbocycles. The highest BCUT2D eigenvalue weighted by Gasteiger charge is 2.37. The zero-order valence-corrected chi connectivity index (χ0v) is 17.4. The summed E-state index contributed by atoms with van der Waals surface area (Å²) in [6.45, 7) is 2.17. The van der Waals surface area contributed by atoms with E-state index in [-0.39, 0.29) is 5.56 Å². The van der Waals surface area contributed by atoms with Crippen molar-refractivity contribution < 1.29 is 22.0 Å². The van der Waals surface area contributed by atoms with Gasteiger partial charge in [-0.25, -0.2) is 8.78 Å². The number of halogens is 5. The summed E-state index contributed by atoms with van der Waals surface area (Å²) in [6, 6.07) is 10.1. The molecule has 0 heterocycles. The zero-order valence-electron chi connectivity index (χ0n) is 17.4. The van der Waals surface area contributed by atoms with E-state index >= 15 is 0 Å². The van der Waals surface area contributed by atoms with E-state index in [2.05, 4.69) is 43.0 Å². The number of alkyl halides is 3. The van der Waals surface area contributed by atoms with Crippen LogP contribution in [0.1, 0.15) is 67.2 Å². The lowest BCUT2D eigenvalue weighted by molar-refractivity contribution is -0.142. The Hall–Kier alpha value is -2.61. The van der Waals surface area contributed by atoms with Crippen molar-refractivity contribution in [1.29, 1.82) is 0 Å². The van der Waals surface area contributed by atoms with Crippen LogP contribution in [0.25, 0.3) is 0 Å². The third-order valence-electron chi connectivity index (χ3n) is 5.76. The molecule has 1 aliphatic carbocycles. The van der Waals surface area contributed by atoms with E-state index < -0.39 is 23.4 Å². The van der Waals surface area contributed by atoms with Gasteiger partial charge < -0.3 is 0 Å². The lowest BCUT2D eigenvalue weighted by Crippen LogP contribution is -2.11. The topological polar surface area (TPSA) is 0 Å². The van der Waals surface area contributed by atoms with Crippen molar-refractivity contribution >= 4 is 0 Å². The molecule has 0 bridgehead atoms. The van der Waals surface area contributed by atoms with Gasteiger partial charge in [-0.2, -0.15) is 13.2 Å². The Morgan fingerprint density at radius 3 is 2.13 bits per heavy atom. The summed E-state index contributed by atoms with van der Waals surface area (Å²) < 4.78 is 65.0. The molecule has 0 atom stereocenters. The highest BCUT2D eigenvalue weighted by atomic mass is 19.4. The molecule has 2 aromatic rings. The molecular formula is C26H25F5. The van der Waals surface area contributed by atoms with Crippen LogP contribution < -0.4 is 0 Å². The minimum absolute atomic E-state index is 0.122. The monoisotopic (exact) mass is 432 g/mol. The average molecular weight is 432 g/mol. The number of benzene rings is 2. The molecule has 0 spiro atoms. The van der Waals surface area contributed by atoms with Crippen LogP contribution in [0.2, 0.25) is 0 Å². The van der Waals surface area contributed by atoms with E-state index in [9.17, 15) is 22.0 Å². The molecule has 0 nitrogen and oxygen atoms in total. The lowest BCUT2D eigenvalue weighted by atomic mass is 9.78. The smallest absolute Gasteiger partial charge is 0.206 e. The Bertz CT molecular complexity index is 943. The number of aryl methyl sites for hydroxylation is 1. The summed E-state index contributed by atoms with van der Waals surface area (Å²) in [5, 5.41) is 0. The van der Waals surface area contributed by atoms with Crippen molar-refractivity contribution in [1.82, 2.24) is 0 Å². The third kappa shape index (κ3) is 6.19. The van der Waals surface area contributed by atoms with Crippen molar-refractivity contribution in [3.05, 3.63) is 82.4 Å². The fourth-order valence-electron chi connectivity index (χ4n) is 4.12. The Morgan fingerprint density at radius 2 is 1.58 bits per heavy atom. The van der Waals surface area contributed by atoms with Gasteiger partial charge in [-0.1, -0.05) is 55.5 Å². The highest BCUT2D eigenvalue weighted by Crippen LogP contribution is 2.36. The maximum absolute atomic E-state index is 13.6. The molecule has 0 N–H and O–H groups in total. The zero-order chi connectivity index (χ0) is 22.4. The Kier molecular flexibility index (Phi) is 7.54. The van der Waals surface area contributed by atoms with Gasteiger partial charge in [0.15, 0.2) is 0 Å². The number of rotatable bonds is 4. The molecule has 0 amide bonds. The second-order valence-corrected chi connectivity index (χ2v) is 8.04. The first-order valence-corrected chi connectivity index (χ1v) is 10.6.